The fourth-order valence-electron chi connectivity index (χ4n) is 4.32. The molecule has 3 aromatic rings. The van der Waals surface area contributed by atoms with Crippen LogP contribution in [-0.2, 0) is 11.8 Å². The summed E-state index contributed by atoms with van der Waals surface area (Å²) in [5, 5.41) is 9.34. The number of nitrogens with one attached hydrogen (secondary N) is 3. The third-order valence-corrected chi connectivity index (χ3v) is 6.60. The smallest absolute Gasteiger partial charge is 0.295 e. The van der Waals surface area contributed by atoms with Crippen LogP contribution in [0, 0.1) is 12.3 Å². The van der Waals surface area contributed by atoms with Crippen LogP contribution in [0.1, 0.15) is 43.2 Å². The van der Waals surface area contributed by atoms with Crippen LogP contribution in [-0.4, -0.2) is 40.4 Å². The number of ether oxygens (including phenoxy) is 1. The molecule has 2 aromatic carbocycles. The van der Waals surface area contributed by atoms with Crippen molar-refractivity contribution < 1.29 is 14.3 Å². The number of hydrogen-bond donors (Lipinski definition) is 3. The Bertz CT molecular complexity index is 1390. The molecular weight excluding hydrogens is 494 g/mol. The van der Waals surface area contributed by atoms with Gasteiger partial charge in [-0.3, -0.25) is 19.1 Å². The molecule has 0 saturated carbocycles. The van der Waals surface area contributed by atoms with Gasteiger partial charge in [0.05, 0.1) is 29.2 Å². The van der Waals surface area contributed by atoms with Crippen LogP contribution < -0.4 is 26.2 Å². The minimum absolute atomic E-state index is 0.0896. The number of nitrogens with zero attached hydrogens (tertiary/aromatic N) is 2. The maximum Gasteiger partial charge on any atom is 0.295 e. The van der Waals surface area contributed by atoms with Gasteiger partial charge >= 0.3 is 0 Å². The highest BCUT2D eigenvalue weighted by Gasteiger charge is 2.28. The number of hydrogen-bond acceptors (Lipinski definition) is 5. The molecular formula is C27H32ClN5O4. The maximum atomic E-state index is 13.1. The SMILES string of the molecule is Cc1c(NC(=O)CC(C)(C)CNC(=O)c2cc(Cl)cc3c2OC(C)CN3)c(=O)n(-c2ccccc2)n1C. The first kappa shape index (κ1) is 26.3. The molecule has 0 fully saturated rings. The number of halogens is 1. The lowest BCUT2D eigenvalue weighted by Gasteiger charge is -2.28. The Morgan fingerprint density at radius 2 is 1.92 bits per heavy atom. The number of para-hydroxylation sites is 1. The minimum atomic E-state index is -0.591. The van der Waals surface area contributed by atoms with Crippen molar-refractivity contribution in [3.8, 4) is 11.4 Å². The maximum absolute atomic E-state index is 13.1. The van der Waals surface area contributed by atoms with Crippen molar-refractivity contribution in [2.24, 2.45) is 12.5 Å². The average molecular weight is 526 g/mol. The molecule has 0 spiro atoms. The van der Waals surface area contributed by atoms with Gasteiger partial charge in [-0.05, 0) is 43.5 Å². The molecule has 1 aromatic heterocycles. The fourth-order valence-corrected chi connectivity index (χ4v) is 4.54. The minimum Gasteiger partial charge on any atom is -0.486 e. The summed E-state index contributed by atoms with van der Waals surface area (Å²) < 4.78 is 9.11. The van der Waals surface area contributed by atoms with E-state index in [2.05, 4.69) is 16.0 Å². The van der Waals surface area contributed by atoms with Gasteiger partial charge < -0.3 is 20.7 Å². The van der Waals surface area contributed by atoms with Gasteiger partial charge in [0.15, 0.2) is 5.75 Å². The molecule has 2 amide bonds. The highest BCUT2D eigenvalue weighted by atomic mass is 35.5. The molecule has 1 atom stereocenters. The molecule has 9 nitrogen and oxygen atoms in total. The molecule has 37 heavy (non-hydrogen) atoms. The number of benzene rings is 2. The largest absolute Gasteiger partial charge is 0.486 e. The van der Waals surface area contributed by atoms with E-state index in [0.29, 0.717) is 39.9 Å². The Morgan fingerprint density at radius 1 is 1.22 bits per heavy atom. The summed E-state index contributed by atoms with van der Waals surface area (Å²) in [5.74, 6) is -0.190. The molecule has 0 radical (unpaired) electrons. The predicted molar refractivity (Wildman–Crippen MR) is 145 cm³/mol. The van der Waals surface area contributed by atoms with Gasteiger partial charge in [0.25, 0.3) is 11.5 Å². The van der Waals surface area contributed by atoms with Crippen molar-refractivity contribution in [3.05, 3.63) is 69.1 Å². The number of rotatable bonds is 7. The molecule has 1 unspecified atom stereocenters. The Kier molecular flexibility index (Phi) is 7.36. The Morgan fingerprint density at radius 3 is 2.62 bits per heavy atom. The molecule has 0 saturated heterocycles. The summed E-state index contributed by atoms with van der Waals surface area (Å²) in [6.07, 6.45) is 0.00284. The zero-order valence-electron chi connectivity index (χ0n) is 21.6. The van der Waals surface area contributed by atoms with Crippen LogP contribution in [0.2, 0.25) is 5.02 Å². The van der Waals surface area contributed by atoms with E-state index >= 15 is 0 Å². The van der Waals surface area contributed by atoms with Crippen LogP contribution >= 0.6 is 11.6 Å². The molecule has 3 N–H and O–H groups in total. The van der Waals surface area contributed by atoms with Gasteiger partial charge in [0.2, 0.25) is 5.91 Å². The molecule has 0 aliphatic carbocycles. The quantitative estimate of drug-likeness (QED) is 0.430. The molecule has 1 aliphatic heterocycles. The van der Waals surface area contributed by atoms with Crippen LogP contribution in [0.25, 0.3) is 5.69 Å². The molecule has 2 heterocycles. The second kappa shape index (κ2) is 10.3. The summed E-state index contributed by atoms with van der Waals surface area (Å²) in [4.78, 5) is 39.1. The van der Waals surface area contributed by atoms with Gasteiger partial charge in [-0.25, -0.2) is 4.68 Å². The summed E-state index contributed by atoms with van der Waals surface area (Å²) >= 11 is 6.22. The van der Waals surface area contributed by atoms with Crippen LogP contribution in [0.15, 0.2) is 47.3 Å². The van der Waals surface area contributed by atoms with E-state index in [9.17, 15) is 14.4 Å². The van der Waals surface area contributed by atoms with Gasteiger partial charge in [0.1, 0.15) is 11.8 Å². The van der Waals surface area contributed by atoms with Crippen LogP contribution in [0.3, 0.4) is 0 Å². The standard InChI is InChI=1S/C27H32ClN5O4/c1-16-14-29-21-12-18(28)11-20(24(21)37-16)25(35)30-15-27(3,4)13-22(34)31-23-17(2)32(5)33(26(23)36)19-9-7-6-8-10-19/h6-12,16,29H,13-15H2,1-5H3,(H,30,35)(H,31,34). The number of anilines is 2. The van der Waals surface area contributed by atoms with Crippen molar-refractivity contribution >= 4 is 34.8 Å². The third-order valence-electron chi connectivity index (χ3n) is 6.38. The lowest BCUT2D eigenvalue weighted by atomic mass is 9.88. The lowest BCUT2D eigenvalue weighted by Crippen LogP contribution is -2.37. The van der Waals surface area contributed by atoms with Gasteiger partial charge in [-0.2, -0.15) is 0 Å². The number of carbonyl (C=O) groups is 2. The van der Waals surface area contributed by atoms with E-state index in [1.807, 2.05) is 51.1 Å². The van der Waals surface area contributed by atoms with E-state index in [1.165, 1.54) is 4.68 Å². The Labute approximate surface area is 220 Å². The summed E-state index contributed by atoms with van der Waals surface area (Å²) in [7, 11) is 1.77. The van der Waals surface area contributed by atoms with Crippen molar-refractivity contribution in [2.75, 3.05) is 23.7 Å². The molecule has 10 heteroatoms. The molecule has 0 bridgehead atoms. The highest BCUT2D eigenvalue weighted by molar-refractivity contribution is 6.31. The Balaban J connectivity index is 1.43. The summed E-state index contributed by atoms with van der Waals surface area (Å²) in [5.41, 5.74) is 1.70. The van der Waals surface area contributed by atoms with E-state index < -0.39 is 5.41 Å². The topological polar surface area (TPSA) is 106 Å². The average Bonchev–Trinajstić information content (AvgIpc) is 3.05. The monoisotopic (exact) mass is 525 g/mol. The first-order chi connectivity index (χ1) is 17.5. The zero-order valence-corrected chi connectivity index (χ0v) is 22.4. The van der Waals surface area contributed by atoms with E-state index in [-0.39, 0.29) is 42.1 Å². The lowest BCUT2D eigenvalue weighted by molar-refractivity contribution is -0.118. The molecule has 1 aliphatic rings. The first-order valence-corrected chi connectivity index (χ1v) is 12.5. The summed E-state index contributed by atoms with van der Waals surface area (Å²) in [6, 6.07) is 12.5. The van der Waals surface area contributed by atoms with E-state index in [4.69, 9.17) is 16.3 Å². The van der Waals surface area contributed by atoms with Crippen molar-refractivity contribution in [3.63, 3.8) is 0 Å². The molecule has 4 rings (SSSR count). The first-order valence-electron chi connectivity index (χ1n) is 12.1. The van der Waals surface area contributed by atoms with Crippen molar-refractivity contribution in [1.82, 2.24) is 14.7 Å². The van der Waals surface area contributed by atoms with Gasteiger partial charge in [-0.1, -0.05) is 43.6 Å². The van der Waals surface area contributed by atoms with E-state index in [0.717, 1.165) is 0 Å². The predicted octanol–water partition coefficient (Wildman–Crippen LogP) is 4.12. The van der Waals surface area contributed by atoms with Crippen LogP contribution in [0.4, 0.5) is 11.4 Å². The number of amides is 2. The van der Waals surface area contributed by atoms with Crippen LogP contribution in [0.5, 0.6) is 5.75 Å². The second-order valence-electron chi connectivity index (χ2n) is 10.1. The van der Waals surface area contributed by atoms with Crippen molar-refractivity contribution in [2.45, 2.75) is 40.2 Å². The summed E-state index contributed by atoms with van der Waals surface area (Å²) in [6.45, 7) is 8.29. The number of carbonyl (C=O) groups excluding carboxylic acids is 2. The van der Waals surface area contributed by atoms with E-state index in [1.54, 1.807) is 30.8 Å². The normalized spacial score (nSPS) is 14.8. The molecule has 196 valence electrons. The Hall–Kier alpha value is -3.72. The highest BCUT2D eigenvalue weighted by Crippen LogP contribution is 2.36. The second-order valence-corrected chi connectivity index (χ2v) is 10.6. The fraction of sp³-hybridized carbons (Fsp3) is 0.370. The number of aromatic nitrogens is 2. The van der Waals surface area contributed by atoms with Crippen molar-refractivity contribution in [1.29, 1.82) is 0 Å². The number of fused-ring (bicyclic) bond motifs is 1. The zero-order chi connectivity index (χ0) is 26.9. The third kappa shape index (κ3) is 5.67. The van der Waals surface area contributed by atoms with Gasteiger partial charge in [0, 0.05) is 25.0 Å². The van der Waals surface area contributed by atoms with Gasteiger partial charge in [-0.15, -0.1) is 0 Å².